The van der Waals surface area contributed by atoms with E-state index in [1.165, 1.54) is 17.0 Å². The maximum Gasteiger partial charge on any atom is 0.416 e. The van der Waals surface area contributed by atoms with Crippen LogP contribution in [0.1, 0.15) is 35.2 Å². The lowest BCUT2D eigenvalue weighted by atomic mass is 10.1. The predicted octanol–water partition coefficient (Wildman–Crippen LogP) is 4.46. The summed E-state index contributed by atoms with van der Waals surface area (Å²) in [6, 6.07) is 4.50. The van der Waals surface area contributed by atoms with E-state index in [2.05, 4.69) is 17.2 Å². The highest BCUT2D eigenvalue weighted by Gasteiger charge is 2.29. The lowest BCUT2D eigenvalue weighted by Gasteiger charge is -2.18. The number of nitrogens with zero attached hydrogens (tertiary/aromatic N) is 2. The van der Waals surface area contributed by atoms with Gasteiger partial charge in [-0.1, -0.05) is 19.1 Å². The molecule has 136 valence electrons. The number of thiazole rings is 1. The monoisotopic (exact) mass is 371 g/mol. The van der Waals surface area contributed by atoms with Crippen molar-refractivity contribution in [3.8, 4) is 0 Å². The Labute approximate surface area is 148 Å². The zero-order chi connectivity index (χ0) is 18.4. The number of aromatic nitrogens is 1. The topological polar surface area (TPSA) is 45.2 Å². The average Bonchev–Trinajstić information content (AvgIpc) is 3.00. The molecule has 0 atom stereocenters. The van der Waals surface area contributed by atoms with Crippen LogP contribution >= 0.6 is 11.3 Å². The van der Waals surface area contributed by atoms with Crippen molar-refractivity contribution < 1.29 is 18.0 Å². The van der Waals surface area contributed by atoms with Gasteiger partial charge < -0.3 is 10.2 Å². The van der Waals surface area contributed by atoms with Crippen molar-refractivity contribution in [3.05, 3.63) is 51.5 Å². The molecule has 0 unspecified atom stereocenters. The first-order chi connectivity index (χ1) is 11.8. The molecule has 1 aromatic heterocycles. The van der Waals surface area contributed by atoms with Crippen molar-refractivity contribution in [1.29, 1.82) is 0 Å². The van der Waals surface area contributed by atoms with E-state index in [1.807, 2.05) is 5.38 Å². The van der Waals surface area contributed by atoms with Crippen molar-refractivity contribution in [2.24, 2.45) is 0 Å². The van der Waals surface area contributed by atoms with Gasteiger partial charge in [-0.05, 0) is 30.5 Å². The Morgan fingerprint density at radius 3 is 2.56 bits per heavy atom. The minimum absolute atomic E-state index is 0.224. The van der Waals surface area contributed by atoms with E-state index < -0.39 is 11.7 Å². The smallest absolute Gasteiger partial charge is 0.332 e. The highest BCUT2D eigenvalue weighted by molar-refractivity contribution is 7.09. The van der Waals surface area contributed by atoms with Crippen molar-refractivity contribution in [1.82, 2.24) is 15.2 Å². The van der Waals surface area contributed by atoms with E-state index in [0.29, 0.717) is 12.1 Å². The summed E-state index contributed by atoms with van der Waals surface area (Å²) in [4.78, 5) is 17.9. The van der Waals surface area contributed by atoms with Gasteiger partial charge in [0.2, 0.25) is 0 Å². The van der Waals surface area contributed by atoms with Crippen molar-refractivity contribution >= 4 is 17.4 Å². The molecule has 0 saturated heterocycles. The second-order valence-corrected chi connectivity index (χ2v) is 6.63. The summed E-state index contributed by atoms with van der Waals surface area (Å²) in [6.07, 6.45) is -2.41. The third kappa shape index (κ3) is 5.74. The van der Waals surface area contributed by atoms with Gasteiger partial charge in [0, 0.05) is 19.0 Å². The molecule has 1 aromatic carbocycles. The van der Waals surface area contributed by atoms with Crippen LogP contribution in [0, 0.1) is 0 Å². The Bertz CT molecular complexity index is 698. The highest BCUT2D eigenvalue weighted by Crippen LogP contribution is 2.29. The quantitative estimate of drug-likeness (QED) is 0.815. The van der Waals surface area contributed by atoms with E-state index in [4.69, 9.17) is 0 Å². The van der Waals surface area contributed by atoms with Crippen LogP contribution in [0.4, 0.5) is 18.0 Å². The van der Waals surface area contributed by atoms with Crippen LogP contribution in [-0.2, 0) is 25.7 Å². The number of hydrogen-bond acceptors (Lipinski definition) is 3. The van der Waals surface area contributed by atoms with Crippen molar-refractivity contribution in [3.63, 3.8) is 0 Å². The van der Waals surface area contributed by atoms with Crippen LogP contribution in [0.3, 0.4) is 0 Å². The predicted molar refractivity (Wildman–Crippen MR) is 91.3 cm³/mol. The number of alkyl halides is 3. The number of urea groups is 1. The summed E-state index contributed by atoms with van der Waals surface area (Å²) < 4.78 is 37.6. The number of amides is 2. The van der Waals surface area contributed by atoms with Gasteiger partial charge in [0.15, 0.2) is 0 Å². The van der Waals surface area contributed by atoms with Gasteiger partial charge in [-0.15, -0.1) is 11.3 Å². The number of carbonyl (C=O) groups is 1. The standard InChI is InChI=1S/C17H20F3N3OS/c1-3-4-15-22-14(11-25-15)9-21-16(24)23(2)10-12-5-7-13(8-6-12)17(18,19)20/h5-8,11H,3-4,9-10H2,1-2H3,(H,21,24). The summed E-state index contributed by atoms with van der Waals surface area (Å²) in [5, 5.41) is 5.73. The van der Waals surface area contributed by atoms with Gasteiger partial charge in [-0.3, -0.25) is 0 Å². The van der Waals surface area contributed by atoms with Crippen LogP contribution in [0.15, 0.2) is 29.6 Å². The number of halogens is 3. The number of aryl methyl sites for hydroxylation is 1. The summed E-state index contributed by atoms with van der Waals surface area (Å²) in [5.41, 5.74) is 0.740. The molecule has 0 radical (unpaired) electrons. The molecule has 0 fully saturated rings. The molecule has 0 aliphatic carbocycles. The van der Waals surface area contributed by atoms with Gasteiger partial charge in [0.1, 0.15) is 0 Å². The molecule has 0 aliphatic heterocycles. The summed E-state index contributed by atoms with van der Waals surface area (Å²) in [7, 11) is 1.59. The zero-order valence-corrected chi connectivity index (χ0v) is 14.9. The molecule has 4 nitrogen and oxygen atoms in total. The molecule has 25 heavy (non-hydrogen) atoms. The maximum atomic E-state index is 12.5. The first kappa shape index (κ1) is 19.2. The molecule has 1 heterocycles. The summed E-state index contributed by atoms with van der Waals surface area (Å²) in [5.74, 6) is 0. The number of carbonyl (C=O) groups excluding carboxylic acids is 1. The van der Waals surface area contributed by atoms with E-state index in [-0.39, 0.29) is 12.6 Å². The maximum absolute atomic E-state index is 12.5. The SMILES string of the molecule is CCCc1nc(CNC(=O)N(C)Cc2ccc(C(F)(F)F)cc2)cs1. The lowest BCUT2D eigenvalue weighted by molar-refractivity contribution is -0.137. The van der Waals surface area contributed by atoms with E-state index in [0.717, 1.165) is 35.7 Å². The van der Waals surface area contributed by atoms with Crippen LogP contribution in [-0.4, -0.2) is 23.0 Å². The Morgan fingerprint density at radius 2 is 1.96 bits per heavy atom. The molecule has 0 aliphatic rings. The molecule has 8 heteroatoms. The molecular formula is C17H20F3N3OS. The van der Waals surface area contributed by atoms with Gasteiger partial charge in [0.05, 0.1) is 22.8 Å². The largest absolute Gasteiger partial charge is 0.416 e. The Morgan fingerprint density at radius 1 is 1.28 bits per heavy atom. The summed E-state index contributed by atoms with van der Waals surface area (Å²) >= 11 is 1.57. The molecule has 0 saturated carbocycles. The first-order valence-corrected chi connectivity index (χ1v) is 8.76. The van der Waals surface area contributed by atoms with Gasteiger partial charge in [-0.2, -0.15) is 13.2 Å². The van der Waals surface area contributed by atoms with Gasteiger partial charge in [-0.25, -0.2) is 9.78 Å². The fourth-order valence-electron chi connectivity index (χ4n) is 2.20. The van der Waals surface area contributed by atoms with E-state index >= 15 is 0 Å². The fraction of sp³-hybridized carbons (Fsp3) is 0.412. The third-order valence-corrected chi connectivity index (χ3v) is 4.49. The van der Waals surface area contributed by atoms with E-state index in [1.54, 1.807) is 18.4 Å². The van der Waals surface area contributed by atoms with Gasteiger partial charge in [0.25, 0.3) is 0 Å². The summed E-state index contributed by atoms with van der Waals surface area (Å²) in [6.45, 7) is 2.64. The molecule has 1 N–H and O–H groups in total. The number of hydrogen-bond donors (Lipinski definition) is 1. The third-order valence-electron chi connectivity index (χ3n) is 3.53. The minimum atomic E-state index is -4.36. The van der Waals surface area contributed by atoms with Crippen molar-refractivity contribution in [2.75, 3.05) is 7.05 Å². The average molecular weight is 371 g/mol. The van der Waals surface area contributed by atoms with Crippen molar-refractivity contribution in [2.45, 2.75) is 39.0 Å². The molecule has 2 aromatic rings. The Kier molecular flexibility index (Phi) is 6.41. The van der Waals surface area contributed by atoms with Crippen LogP contribution < -0.4 is 5.32 Å². The second-order valence-electron chi connectivity index (χ2n) is 5.69. The zero-order valence-electron chi connectivity index (χ0n) is 14.1. The van der Waals surface area contributed by atoms with Crippen LogP contribution in [0.2, 0.25) is 0 Å². The second kappa shape index (κ2) is 8.33. The normalized spacial score (nSPS) is 11.4. The Hall–Kier alpha value is -2.09. The highest BCUT2D eigenvalue weighted by atomic mass is 32.1. The fourth-order valence-corrected chi connectivity index (χ4v) is 3.10. The number of benzene rings is 1. The van der Waals surface area contributed by atoms with Gasteiger partial charge >= 0.3 is 12.2 Å². The molecule has 0 bridgehead atoms. The molecule has 2 rings (SSSR count). The van der Waals surface area contributed by atoms with E-state index in [9.17, 15) is 18.0 Å². The Balaban J connectivity index is 1.85. The van der Waals surface area contributed by atoms with Crippen LogP contribution in [0.25, 0.3) is 0 Å². The molecule has 2 amide bonds. The first-order valence-electron chi connectivity index (χ1n) is 7.88. The number of rotatable bonds is 6. The minimum Gasteiger partial charge on any atom is -0.332 e. The molecular weight excluding hydrogens is 351 g/mol. The number of nitrogens with one attached hydrogen (secondary N) is 1. The lowest BCUT2D eigenvalue weighted by Crippen LogP contribution is -2.36. The molecule has 0 spiro atoms. The van der Waals surface area contributed by atoms with Crippen LogP contribution in [0.5, 0.6) is 0 Å².